The summed E-state index contributed by atoms with van der Waals surface area (Å²) < 4.78 is 4.44. The molecule has 3 unspecified atom stereocenters. The van der Waals surface area contributed by atoms with Crippen LogP contribution in [0, 0.1) is 11.8 Å². The lowest BCUT2D eigenvalue weighted by Gasteiger charge is -2.37. The highest BCUT2D eigenvalue weighted by atomic mass is 79.9. The van der Waals surface area contributed by atoms with Crippen molar-refractivity contribution >= 4 is 51.2 Å². The predicted octanol–water partition coefficient (Wildman–Crippen LogP) is 2.93. The predicted molar refractivity (Wildman–Crippen MR) is 138 cm³/mol. The topological polar surface area (TPSA) is 107 Å². The molecule has 3 aliphatic heterocycles. The van der Waals surface area contributed by atoms with Gasteiger partial charge >= 0.3 is 5.97 Å². The Morgan fingerprint density at radius 3 is 2.63 bits per heavy atom. The van der Waals surface area contributed by atoms with Crippen molar-refractivity contribution in [2.75, 3.05) is 31.7 Å². The van der Waals surface area contributed by atoms with E-state index in [0.717, 1.165) is 0 Å². The highest BCUT2D eigenvalue weighted by molar-refractivity contribution is 9.09. The molecule has 190 valence electrons. The summed E-state index contributed by atoms with van der Waals surface area (Å²) in [5, 5.41) is 18.9. The Kier molecular flexibility index (Phi) is 7.83. The molecule has 3 heterocycles. The number of amides is 2. The number of nitrogens with zero attached hydrogens (tertiary/aromatic N) is 2. The second-order valence-electron chi connectivity index (χ2n) is 9.25. The lowest BCUT2D eigenvalue weighted by molar-refractivity contribution is -0.148. The zero-order valence-electron chi connectivity index (χ0n) is 19.6. The summed E-state index contributed by atoms with van der Waals surface area (Å²) in [6, 6.07) is 6.36. The van der Waals surface area contributed by atoms with E-state index < -0.39 is 28.6 Å². The van der Waals surface area contributed by atoms with E-state index in [1.165, 1.54) is 11.8 Å². The minimum absolute atomic E-state index is 0.0668. The number of aliphatic hydroxyl groups is 1. The molecule has 35 heavy (non-hydrogen) atoms. The van der Waals surface area contributed by atoms with Crippen molar-refractivity contribution in [2.45, 2.75) is 46.5 Å². The van der Waals surface area contributed by atoms with Crippen LogP contribution in [0.25, 0.3) is 0 Å². The van der Waals surface area contributed by atoms with Gasteiger partial charge in [0.25, 0.3) is 5.91 Å². The van der Waals surface area contributed by atoms with Crippen LogP contribution in [-0.2, 0) is 14.4 Å². The van der Waals surface area contributed by atoms with Crippen LogP contribution in [0.1, 0.15) is 25.7 Å². The van der Waals surface area contributed by atoms with Gasteiger partial charge < -0.3 is 24.7 Å². The van der Waals surface area contributed by atoms with E-state index in [0.29, 0.717) is 43.7 Å². The van der Waals surface area contributed by atoms with Gasteiger partial charge in [0.2, 0.25) is 5.91 Å². The molecule has 2 N–H and O–H groups in total. The molecule has 8 nitrogen and oxygen atoms in total. The van der Waals surface area contributed by atoms with Gasteiger partial charge in [-0.15, -0.1) is 18.3 Å². The maximum atomic E-state index is 14.3. The number of rotatable bonds is 11. The summed E-state index contributed by atoms with van der Waals surface area (Å²) in [5.74, 6) is -2.38. The average molecular weight is 568 g/mol. The van der Waals surface area contributed by atoms with Gasteiger partial charge in [-0.1, -0.05) is 22.0 Å². The SMILES string of the molecule is C=CCN(C(=O)C1N(CCCCCO)C(=O)[C@@H]2[C@H](C(=O)O)[C@H]3SC12CC3Br)c1ccc(OC)cc1. The first kappa shape index (κ1) is 26.0. The van der Waals surface area contributed by atoms with E-state index >= 15 is 0 Å². The van der Waals surface area contributed by atoms with Gasteiger partial charge in [0.05, 0.1) is 23.7 Å². The molecule has 1 aromatic carbocycles. The number of anilines is 1. The number of ether oxygens (including phenoxy) is 1. The van der Waals surface area contributed by atoms with Crippen molar-refractivity contribution < 1.29 is 29.3 Å². The number of hydrogen-bond donors (Lipinski definition) is 2. The first-order valence-electron chi connectivity index (χ1n) is 11.8. The van der Waals surface area contributed by atoms with Crippen molar-refractivity contribution in [3.8, 4) is 5.75 Å². The van der Waals surface area contributed by atoms with Crippen molar-refractivity contribution in [1.82, 2.24) is 4.90 Å². The summed E-state index contributed by atoms with van der Waals surface area (Å²) in [4.78, 5) is 43.5. The van der Waals surface area contributed by atoms with Crippen LogP contribution in [0.2, 0.25) is 0 Å². The Morgan fingerprint density at radius 2 is 2.03 bits per heavy atom. The molecular formula is C25H31BrN2O6S. The third-order valence-electron chi connectivity index (χ3n) is 7.33. The van der Waals surface area contributed by atoms with Crippen molar-refractivity contribution in [3.05, 3.63) is 36.9 Å². The number of thioether (sulfide) groups is 1. The van der Waals surface area contributed by atoms with Gasteiger partial charge in [0, 0.05) is 35.5 Å². The zero-order valence-corrected chi connectivity index (χ0v) is 22.0. The van der Waals surface area contributed by atoms with Gasteiger partial charge in [-0.25, -0.2) is 0 Å². The number of aliphatic hydroxyl groups excluding tert-OH is 1. The number of hydrogen-bond acceptors (Lipinski definition) is 6. The third kappa shape index (κ3) is 4.38. The molecule has 2 bridgehead atoms. The maximum Gasteiger partial charge on any atom is 0.308 e. The Balaban J connectivity index is 1.74. The number of aliphatic carboxylic acids is 1. The molecule has 0 saturated carbocycles. The van der Waals surface area contributed by atoms with E-state index in [9.17, 15) is 19.5 Å². The molecule has 6 atom stereocenters. The summed E-state index contributed by atoms with van der Waals surface area (Å²) in [6.07, 6.45) is 4.16. The van der Waals surface area contributed by atoms with Crippen molar-refractivity contribution in [2.24, 2.45) is 11.8 Å². The molecule has 3 saturated heterocycles. The minimum Gasteiger partial charge on any atom is -0.497 e. The van der Waals surface area contributed by atoms with E-state index in [1.807, 2.05) is 0 Å². The number of alkyl halides is 1. The Bertz CT molecular complexity index is 991. The number of carbonyl (C=O) groups is 3. The molecule has 2 amide bonds. The average Bonchev–Trinajstić information content (AvgIpc) is 3.43. The number of benzene rings is 1. The smallest absolute Gasteiger partial charge is 0.308 e. The fourth-order valence-corrected chi connectivity index (χ4v) is 9.46. The molecule has 1 spiro atoms. The monoisotopic (exact) mass is 566 g/mol. The highest BCUT2D eigenvalue weighted by Gasteiger charge is 2.76. The van der Waals surface area contributed by atoms with Crippen molar-refractivity contribution in [1.29, 1.82) is 0 Å². The number of unbranched alkanes of at least 4 members (excludes halogenated alkanes) is 2. The number of carboxylic acids is 1. The summed E-state index contributed by atoms with van der Waals surface area (Å²) >= 11 is 5.15. The normalized spacial score (nSPS) is 30.9. The second-order valence-corrected chi connectivity index (χ2v) is 12.0. The lowest BCUT2D eigenvalue weighted by atomic mass is 9.71. The first-order chi connectivity index (χ1) is 16.8. The fourth-order valence-electron chi connectivity index (χ4n) is 5.86. The minimum atomic E-state index is -0.988. The van der Waals surface area contributed by atoms with Crippen LogP contribution >= 0.6 is 27.7 Å². The molecule has 0 aromatic heterocycles. The number of halogens is 1. The van der Waals surface area contributed by atoms with Gasteiger partial charge in [0.15, 0.2) is 0 Å². The summed E-state index contributed by atoms with van der Waals surface area (Å²) in [7, 11) is 1.57. The standard InChI is InChI=1S/C25H31BrN2O6S/c1-3-11-27(15-7-9-16(34-2)10-8-15)23(31)21-25-14-17(26)20(35-25)18(24(32)33)19(25)22(30)28(21)12-5-4-6-13-29/h3,7-10,17-21,29H,1,4-6,11-14H2,2H3,(H,32,33)/t17?,18-,19-,20-,21?,25?/m0/s1. The van der Waals surface area contributed by atoms with Gasteiger partial charge in [-0.2, -0.15) is 0 Å². The maximum absolute atomic E-state index is 14.3. The van der Waals surface area contributed by atoms with Crippen LogP contribution in [0.3, 0.4) is 0 Å². The molecule has 3 aliphatic rings. The van der Waals surface area contributed by atoms with Gasteiger partial charge in [0.1, 0.15) is 11.8 Å². The number of likely N-dealkylation sites (tertiary alicyclic amines) is 1. The third-order valence-corrected chi connectivity index (χ3v) is 10.5. The molecular weight excluding hydrogens is 536 g/mol. The van der Waals surface area contributed by atoms with Gasteiger partial charge in [-0.05, 0) is 49.9 Å². The van der Waals surface area contributed by atoms with Crippen LogP contribution in [0.15, 0.2) is 36.9 Å². The lowest BCUT2D eigenvalue weighted by Crippen LogP contribution is -2.55. The Labute approximate surface area is 217 Å². The number of carbonyl (C=O) groups excluding carboxylic acids is 2. The molecule has 10 heteroatoms. The molecule has 1 aromatic rings. The molecule has 4 rings (SSSR count). The van der Waals surface area contributed by atoms with E-state index in [-0.39, 0.29) is 35.0 Å². The van der Waals surface area contributed by atoms with E-state index in [1.54, 1.807) is 47.3 Å². The van der Waals surface area contributed by atoms with Crippen LogP contribution < -0.4 is 9.64 Å². The van der Waals surface area contributed by atoms with Crippen LogP contribution in [0.4, 0.5) is 5.69 Å². The zero-order chi connectivity index (χ0) is 25.3. The summed E-state index contributed by atoms with van der Waals surface area (Å²) in [5.41, 5.74) is 0.658. The molecule has 3 fully saturated rings. The fraction of sp³-hybridized carbons (Fsp3) is 0.560. The molecule has 0 radical (unpaired) electrons. The largest absolute Gasteiger partial charge is 0.497 e. The van der Waals surface area contributed by atoms with Crippen LogP contribution in [0.5, 0.6) is 5.75 Å². The van der Waals surface area contributed by atoms with Crippen LogP contribution in [-0.4, -0.2) is 80.6 Å². The van der Waals surface area contributed by atoms with Crippen molar-refractivity contribution in [3.63, 3.8) is 0 Å². The second kappa shape index (κ2) is 10.5. The highest BCUT2D eigenvalue weighted by Crippen LogP contribution is 2.67. The summed E-state index contributed by atoms with van der Waals surface area (Å²) in [6.45, 7) is 4.49. The Hall–Kier alpha value is -2.04. The quantitative estimate of drug-likeness (QED) is 0.241. The van der Waals surface area contributed by atoms with Gasteiger partial charge in [-0.3, -0.25) is 14.4 Å². The molecule has 0 aliphatic carbocycles. The number of fused-ring (bicyclic) bond motifs is 1. The van der Waals surface area contributed by atoms with E-state index in [4.69, 9.17) is 9.84 Å². The van der Waals surface area contributed by atoms with E-state index in [2.05, 4.69) is 22.5 Å². The first-order valence-corrected chi connectivity index (χ1v) is 13.6. The number of carboxylic acid groups (broad SMARTS) is 1. The number of methoxy groups -OCH3 is 1. The Morgan fingerprint density at radius 1 is 1.31 bits per heavy atom.